The summed E-state index contributed by atoms with van der Waals surface area (Å²) < 4.78 is 24.0. The van der Waals surface area contributed by atoms with Crippen molar-refractivity contribution >= 4 is 5.91 Å². The largest absolute Gasteiger partial charge is 0.497 e. The highest BCUT2D eigenvalue weighted by Crippen LogP contribution is 2.26. The highest BCUT2D eigenvalue weighted by molar-refractivity contribution is 5.94. The molecule has 5 nitrogen and oxygen atoms in total. The standard InChI is InChI=1S/C21H25FN2O3/c1-26-17-8-5-15(6-9-17)19(24-11-3-4-12-24)14-23-21(25)16-7-10-20(27-2)18(22)13-16/h5-10,13,19H,3-4,11-12,14H2,1-2H3,(H,23,25)/t19-/m0/s1. The molecule has 6 heteroatoms. The maximum Gasteiger partial charge on any atom is 0.251 e. The zero-order chi connectivity index (χ0) is 19.2. The van der Waals surface area contributed by atoms with Gasteiger partial charge in [-0.3, -0.25) is 9.69 Å². The molecule has 0 saturated carbocycles. The number of methoxy groups -OCH3 is 2. The zero-order valence-electron chi connectivity index (χ0n) is 15.7. The number of benzene rings is 2. The van der Waals surface area contributed by atoms with Crippen LogP contribution in [0.1, 0.15) is 34.8 Å². The fourth-order valence-electron chi connectivity index (χ4n) is 3.44. The number of halogens is 1. The summed E-state index contributed by atoms with van der Waals surface area (Å²) in [6, 6.07) is 12.2. The van der Waals surface area contributed by atoms with Crippen LogP contribution in [0.2, 0.25) is 0 Å². The van der Waals surface area contributed by atoms with Gasteiger partial charge in [0.15, 0.2) is 11.6 Å². The molecule has 144 valence electrons. The molecule has 0 bridgehead atoms. The summed E-state index contributed by atoms with van der Waals surface area (Å²) in [5.41, 5.74) is 1.40. The van der Waals surface area contributed by atoms with Crippen molar-refractivity contribution < 1.29 is 18.7 Å². The predicted octanol–water partition coefficient (Wildman–Crippen LogP) is 3.41. The summed E-state index contributed by atoms with van der Waals surface area (Å²) in [4.78, 5) is 14.9. The molecule has 0 spiro atoms. The molecule has 3 rings (SSSR count). The summed E-state index contributed by atoms with van der Waals surface area (Å²) in [6.45, 7) is 2.46. The third-order valence-corrected chi connectivity index (χ3v) is 4.95. The van der Waals surface area contributed by atoms with E-state index in [-0.39, 0.29) is 23.3 Å². The van der Waals surface area contributed by atoms with Gasteiger partial charge < -0.3 is 14.8 Å². The normalized spacial score (nSPS) is 15.4. The lowest BCUT2D eigenvalue weighted by atomic mass is 10.0. The van der Waals surface area contributed by atoms with Crippen LogP contribution >= 0.6 is 0 Å². The highest BCUT2D eigenvalue weighted by Gasteiger charge is 2.24. The molecule has 0 aromatic heterocycles. The number of nitrogens with zero attached hydrogens (tertiary/aromatic N) is 1. The number of hydrogen-bond acceptors (Lipinski definition) is 4. The van der Waals surface area contributed by atoms with Gasteiger partial charge in [-0.2, -0.15) is 0 Å². The molecule has 0 aliphatic carbocycles. The lowest BCUT2D eigenvalue weighted by Crippen LogP contribution is -2.36. The Bertz CT molecular complexity index is 773. The highest BCUT2D eigenvalue weighted by atomic mass is 19.1. The van der Waals surface area contributed by atoms with Crippen LogP contribution in [-0.4, -0.2) is 44.7 Å². The number of ether oxygens (including phenoxy) is 2. The van der Waals surface area contributed by atoms with E-state index in [2.05, 4.69) is 10.2 Å². The van der Waals surface area contributed by atoms with E-state index in [4.69, 9.17) is 9.47 Å². The van der Waals surface area contributed by atoms with Gasteiger partial charge in [0, 0.05) is 12.1 Å². The molecule has 1 aliphatic heterocycles. The molecule has 2 aromatic rings. The van der Waals surface area contributed by atoms with Crippen LogP contribution in [0.15, 0.2) is 42.5 Å². The van der Waals surface area contributed by atoms with E-state index < -0.39 is 5.82 Å². The number of likely N-dealkylation sites (tertiary alicyclic amines) is 1. The van der Waals surface area contributed by atoms with Crippen LogP contribution in [0.5, 0.6) is 11.5 Å². The van der Waals surface area contributed by atoms with Gasteiger partial charge in [0.05, 0.1) is 20.3 Å². The Hall–Kier alpha value is -2.60. The number of amides is 1. The van der Waals surface area contributed by atoms with Crippen LogP contribution in [-0.2, 0) is 0 Å². The average Bonchev–Trinajstić information content (AvgIpc) is 3.23. The maximum atomic E-state index is 13.9. The topological polar surface area (TPSA) is 50.8 Å². The molecule has 0 unspecified atom stereocenters. The number of rotatable bonds is 7. The van der Waals surface area contributed by atoms with E-state index in [1.807, 2.05) is 24.3 Å². The molecule has 27 heavy (non-hydrogen) atoms. The second-order valence-corrected chi connectivity index (χ2v) is 6.59. The molecule has 1 fully saturated rings. The Kier molecular flexibility index (Phi) is 6.29. The number of nitrogens with one attached hydrogen (secondary N) is 1. The van der Waals surface area contributed by atoms with Crippen LogP contribution in [0.4, 0.5) is 4.39 Å². The van der Waals surface area contributed by atoms with Crippen molar-refractivity contribution in [3.8, 4) is 11.5 Å². The van der Waals surface area contributed by atoms with Gasteiger partial charge in [-0.25, -0.2) is 4.39 Å². The first-order chi connectivity index (χ1) is 13.1. The van der Waals surface area contributed by atoms with Crippen molar-refractivity contribution in [3.63, 3.8) is 0 Å². The third kappa shape index (κ3) is 4.57. The Morgan fingerprint density at radius 2 is 1.81 bits per heavy atom. The SMILES string of the molecule is COc1ccc([C@H](CNC(=O)c2ccc(OC)c(F)c2)N2CCCC2)cc1. The van der Waals surface area contributed by atoms with Crippen LogP contribution in [0, 0.1) is 5.82 Å². The average molecular weight is 372 g/mol. The lowest BCUT2D eigenvalue weighted by Gasteiger charge is -2.28. The molecule has 1 N–H and O–H groups in total. The Labute approximate surface area is 159 Å². The molecular weight excluding hydrogens is 347 g/mol. The first-order valence-corrected chi connectivity index (χ1v) is 9.12. The Morgan fingerprint density at radius 1 is 1.11 bits per heavy atom. The fraction of sp³-hybridized carbons (Fsp3) is 0.381. The van der Waals surface area contributed by atoms with Crippen LogP contribution < -0.4 is 14.8 Å². The minimum absolute atomic E-state index is 0.0745. The van der Waals surface area contributed by atoms with Crippen molar-refractivity contribution in [2.75, 3.05) is 33.9 Å². The molecular formula is C21H25FN2O3. The van der Waals surface area contributed by atoms with Crippen molar-refractivity contribution in [2.24, 2.45) is 0 Å². The second kappa shape index (κ2) is 8.86. The first-order valence-electron chi connectivity index (χ1n) is 9.12. The summed E-state index contributed by atoms with van der Waals surface area (Å²) in [5, 5.41) is 2.95. The van der Waals surface area contributed by atoms with Crippen molar-refractivity contribution in [1.82, 2.24) is 10.2 Å². The summed E-state index contributed by atoms with van der Waals surface area (Å²) in [7, 11) is 3.04. The Balaban J connectivity index is 1.72. The first kappa shape index (κ1) is 19.2. The smallest absolute Gasteiger partial charge is 0.251 e. The van der Waals surface area contributed by atoms with Gasteiger partial charge in [-0.15, -0.1) is 0 Å². The molecule has 2 aromatic carbocycles. The predicted molar refractivity (Wildman–Crippen MR) is 102 cm³/mol. The van der Waals surface area contributed by atoms with E-state index >= 15 is 0 Å². The molecule has 1 atom stereocenters. The van der Waals surface area contributed by atoms with Gasteiger partial charge >= 0.3 is 0 Å². The third-order valence-electron chi connectivity index (χ3n) is 4.95. The lowest BCUT2D eigenvalue weighted by molar-refractivity contribution is 0.0937. The maximum absolute atomic E-state index is 13.9. The van der Waals surface area contributed by atoms with E-state index in [1.54, 1.807) is 13.2 Å². The van der Waals surface area contributed by atoms with E-state index in [1.165, 1.54) is 19.2 Å². The quantitative estimate of drug-likeness (QED) is 0.809. The van der Waals surface area contributed by atoms with Crippen molar-refractivity contribution in [2.45, 2.75) is 18.9 Å². The van der Waals surface area contributed by atoms with Crippen molar-refractivity contribution in [3.05, 3.63) is 59.4 Å². The molecule has 1 amide bonds. The van der Waals surface area contributed by atoms with E-state index in [0.717, 1.165) is 37.2 Å². The van der Waals surface area contributed by atoms with Gasteiger partial charge in [-0.05, 0) is 61.8 Å². The van der Waals surface area contributed by atoms with E-state index in [0.29, 0.717) is 6.54 Å². The summed E-state index contributed by atoms with van der Waals surface area (Å²) >= 11 is 0. The van der Waals surface area contributed by atoms with Crippen LogP contribution in [0.25, 0.3) is 0 Å². The summed E-state index contributed by atoms with van der Waals surface area (Å²) in [5.74, 6) is 0.0852. The number of hydrogen-bond donors (Lipinski definition) is 1. The number of carbonyl (C=O) groups is 1. The second-order valence-electron chi connectivity index (χ2n) is 6.59. The molecule has 1 heterocycles. The Morgan fingerprint density at radius 3 is 2.41 bits per heavy atom. The molecule has 1 saturated heterocycles. The fourth-order valence-corrected chi connectivity index (χ4v) is 3.44. The monoisotopic (exact) mass is 372 g/mol. The molecule has 1 aliphatic rings. The van der Waals surface area contributed by atoms with Gasteiger partial charge in [0.25, 0.3) is 5.91 Å². The number of carbonyl (C=O) groups excluding carboxylic acids is 1. The van der Waals surface area contributed by atoms with Gasteiger partial charge in [0.2, 0.25) is 0 Å². The minimum Gasteiger partial charge on any atom is -0.497 e. The van der Waals surface area contributed by atoms with Crippen LogP contribution in [0.3, 0.4) is 0 Å². The van der Waals surface area contributed by atoms with Crippen molar-refractivity contribution in [1.29, 1.82) is 0 Å². The van der Waals surface area contributed by atoms with Gasteiger partial charge in [-0.1, -0.05) is 12.1 Å². The van der Waals surface area contributed by atoms with E-state index in [9.17, 15) is 9.18 Å². The zero-order valence-corrected chi connectivity index (χ0v) is 15.7. The summed E-state index contributed by atoms with van der Waals surface area (Å²) in [6.07, 6.45) is 2.31. The van der Waals surface area contributed by atoms with Gasteiger partial charge in [0.1, 0.15) is 5.75 Å². The minimum atomic E-state index is -0.545. The molecule has 0 radical (unpaired) electrons.